The van der Waals surface area contributed by atoms with Crippen LogP contribution >= 0.6 is 45.6 Å². The number of unbranched alkanes of at least 4 members (excludes halogenated alkanes) is 3. The van der Waals surface area contributed by atoms with Crippen molar-refractivity contribution in [3.63, 3.8) is 0 Å². The summed E-state index contributed by atoms with van der Waals surface area (Å²) >= 11 is 11.9. The summed E-state index contributed by atoms with van der Waals surface area (Å²) in [6.07, 6.45) is 5.99. The lowest BCUT2D eigenvalue weighted by Crippen LogP contribution is -2.50. The maximum Gasteiger partial charge on any atom is 0.416 e. The molecule has 11 aromatic carbocycles. The molecule has 0 saturated carbocycles. The van der Waals surface area contributed by atoms with Crippen molar-refractivity contribution in [1.82, 2.24) is 26.6 Å². The Labute approximate surface area is 789 Å². The van der Waals surface area contributed by atoms with Crippen molar-refractivity contribution in [2.75, 3.05) is 86.1 Å². The van der Waals surface area contributed by atoms with Crippen LogP contribution < -0.4 is 92.1 Å². The highest BCUT2D eigenvalue weighted by Crippen LogP contribution is 2.53. The second-order valence-electron chi connectivity index (χ2n) is 36.5. The van der Waals surface area contributed by atoms with E-state index in [4.69, 9.17) is 67.1 Å². The van der Waals surface area contributed by atoms with Gasteiger partial charge in [-0.25, -0.2) is 4.79 Å². The molecule has 0 unspecified atom stereocenters. The largest absolute Gasteiger partial charge is 0.497 e. The number of rotatable bonds is 35. The number of benzene rings is 11. The normalized spacial score (nSPS) is 13.0. The number of fused-ring (bicyclic) bond motifs is 2. The van der Waals surface area contributed by atoms with Gasteiger partial charge >= 0.3 is 12.2 Å². The topological polar surface area (TPSA) is 182 Å². The minimum Gasteiger partial charge on any atom is -0.497 e. The monoisotopic (exact) mass is 1880 g/mol. The number of aryl methyl sites for hydroxylation is 1. The molecule has 0 radical (unpaired) electrons. The second-order valence-corrected chi connectivity index (χ2v) is 47.3. The van der Waals surface area contributed by atoms with Gasteiger partial charge in [-0.3, -0.25) is 9.49 Å². The molecule has 6 N–H and O–H groups in total. The number of urea groups is 1. The quantitative estimate of drug-likeness (QED) is 0.0163. The average molecular weight is 1880 g/mol. The number of hydrogen-bond acceptors (Lipinski definition) is 12. The smallest absolute Gasteiger partial charge is 0.416 e. The third-order valence-corrected chi connectivity index (χ3v) is 36.1. The zero-order valence-electron chi connectivity index (χ0n) is 80.5. The molecule has 0 aromatic heterocycles. The lowest BCUT2D eigenvalue weighted by Gasteiger charge is -2.34. The number of alkyl halides is 3. The number of carbonyl (C=O) groups excluding carboxylic acids is 1. The molecule has 0 aliphatic rings. The maximum atomic E-state index is 13.2. The molecule has 702 valence electrons. The molecule has 0 bridgehead atoms. The van der Waals surface area contributed by atoms with Gasteiger partial charge < -0.3 is 65.1 Å². The molecule has 131 heavy (non-hydrogen) atoms. The average Bonchev–Trinajstić information content (AvgIpc) is 0.750. The van der Waals surface area contributed by atoms with Crippen LogP contribution in [0.5, 0.6) is 34.5 Å². The standard InChI is InChI=1S/2C40H46N3O3PS.C27H47F3N3OP/c2*1-28(36-14-10-12-29-11-8-9-13-37(29)36)42-39(48)43-38(40(2,3)4)27-41-47(33-21-15-30(44-5)16-22-33,34-23-17-31(45-6)18-24-34)35-25-19-32(46-7)20-26-35;1-8-11-14-35(15-12-9-2,16-13-10-3)31-20-24(26(5,6)7)33-25(34)32-23-18-21(4)17-22(19-23)27(28,29)30/h2*8-26,28,38H,27H2,1-7H3,(H2,42,43,48);17-19,24H,8-16,20H2,1-7H3,(H2,32,33,34)/t28-,38+;28-,38-;24-/m011/s1. The van der Waals surface area contributed by atoms with E-state index >= 15 is 0 Å². The number of nitrogens with one attached hydrogen (secondary N) is 6. The number of ether oxygens (including phenoxy) is 6. The van der Waals surface area contributed by atoms with Crippen molar-refractivity contribution < 1.29 is 46.4 Å². The van der Waals surface area contributed by atoms with Gasteiger partial charge in [0.05, 0.1) is 112 Å². The van der Waals surface area contributed by atoms with Crippen molar-refractivity contribution in [1.29, 1.82) is 0 Å². The molecule has 16 nitrogen and oxygen atoms in total. The molecule has 0 spiro atoms. The number of carbonyl (C=O) groups is 1. The minimum absolute atomic E-state index is 0.0122. The van der Waals surface area contributed by atoms with Gasteiger partial charge in [-0.1, -0.05) is 187 Å². The Hall–Kier alpha value is -10.1. The molecule has 0 aliphatic carbocycles. The first kappa shape index (κ1) is 105. The van der Waals surface area contributed by atoms with Gasteiger partial charge in [0.25, 0.3) is 0 Å². The van der Waals surface area contributed by atoms with Crippen LogP contribution in [0.2, 0.25) is 0 Å². The van der Waals surface area contributed by atoms with E-state index in [2.05, 4.69) is 287 Å². The van der Waals surface area contributed by atoms with Crippen molar-refractivity contribution in [2.24, 2.45) is 30.5 Å². The number of amides is 2. The predicted molar refractivity (Wildman–Crippen MR) is 558 cm³/mol. The highest BCUT2D eigenvalue weighted by atomic mass is 32.1. The van der Waals surface area contributed by atoms with Crippen LogP contribution in [-0.4, -0.2) is 115 Å². The van der Waals surface area contributed by atoms with E-state index in [0.717, 1.165) is 116 Å². The molecule has 0 aliphatic heterocycles. The van der Waals surface area contributed by atoms with Crippen LogP contribution in [0.4, 0.5) is 23.7 Å². The second kappa shape index (κ2) is 48.5. The fraction of sp³-hybridized carbons (Fsp3) is 0.393. The predicted octanol–water partition coefficient (Wildman–Crippen LogP) is 25.1. The van der Waals surface area contributed by atoms with E-state index in [1.54, 1.807) is 55.6 Å². The van der Waals surface area contributed by atoms with Crippen molar-refractivity contribution >= 4 is 121 Å². The summed E-state index contributed by atoms with van der Waals surface area (Å²) in [5.74, 6) is 4.79. The summed E-state index contributed by atoms with van der Waals surface area (Å²) in [7, 11) is 3.52. The summed E-state index contributed by atoms with van der Waals surface area (Å²) in [6.45, 7) is 33.7. The van der Waals surface area contributed by atoms with Crippen LogP contribution in [-0.2, 0) is 6.18 Å². The van der Waals surface area contributed by atoms with E-state index in [-0.39, 0.29) is 52.1 Å². The number of hydrogen-bond donors (Lipinski definition) is 6. The lowest BCUT2D eigenvalue weighted by atomic mass is 9.87. The van der Waals surface area contributed by atoms with Gasteiger partial charge in [0.1, 0.15) is 34.5 Å². The van der Waals surface area contributed by atoms with E-state index in [0.29, 0.717) is 35.4 Å². The first-order valence-electron chi connectivity index (χ1n) is 45.4. The van der Waals surface area contributed by atoms with E-state index in [1.807, 2.05) is 72.8 Å². The zero-order valence-corrected chi connectivity index (χ0v) is 84.9. The Kier molecular flexibility index (Phi) is 38.7. The van der Waals surface area contributed by atoms with Gasteiger partial charge in [-0.05, 0) is 308 Å². The Bertz CT molecular complexity index is 5120. The van der Waals surface area contributed by atoms with Crippen LogP contribution in [0.15, 0.2) is 263 Å². The molecular weight excluding hydrogens is 1740 g/mol. The number of methoxy groups -OCH3 is 6. The Morgan fingerprint density at radius 1 is 0.374 bits per heavy atom. The van der Waals surface area contributed by atoms with E-state index in [1.165, 1.54) is 51.9 Å². The molecule has 0 fully saturated rings. The molecule has 11 aromatic rings. The number of anilines is 1. The maximum absolute atomic E-state index is 13.2. The fourth-order valence-corrected chi connectivity index (χ4v) is 27.9. The van der Waals surface area contributed by atoms with Gasteiger partial charge in [0.15, 0.2) is 10.2 Å². The summed E-state index contributed by atoms with van der Waals surface area (Å²) in [5.41, 5.74) is 1.65. The minimum atomic E-state index is -4.46. The summed E-state index contributed by atoms with van der Waals surface area (Å²) < 4.78 is 89.8. The van der Waals surface area contributed by atoms with Crippen LogP contribution in [0.1, 0.15) is 170 Å². The van der Waals surface area contributed by atoms with Crippen LogP contribution in [0.3, 0.4) is 0 Å². The number of halogens is 3. The lowest BCUT2D eigenvalue weighted by molar-refractivity contribution is -0.137. The Morgan fingerprint density at radius 3 is 0.939 bits per heavy atom. The van der Waals surface area contributed by atoms with Crippen LogP contribution in [0.25, 0.3) is 21.5 Å². The third kappa shape index (κ3) is 28.7. The first-order valence-corrected chi connectivity index (χ1v) is 52.0. The Morgan fingerprint density at radius 2 is 0.656 bits per heavy atom. The summed E-state index contributed by atoms with van der Waals surface area (Å²) in [6, 6.07) is 82.3. The molecule has 11 rings (SSSR count). The molecule has 0 heterocycles. The highest BCUT2D eigenvalue weighted by molar-refractivity contribution is 7.88. The van der Waals surface area contributed by atoms with Crippen molar-refractivity contribution in [3.8, 4) is 34.5 Å². The first-order chi connectivity index (χ1) is 62.4. The third-order valence-electron chi connectivity index (χ3n) is 24.0. The van der Waals surface area contributed by atoms with Crippen molar-refractivity contribution in [2.45, 2.75) is 179 Å². The summed E-state index contributed by atoms with van der Waals surface area (Å²) in [5, 5.41) is 32.9. The molecular formula is C107H139F3N9O7P3S2. The Balaban J connectivity index is 0.000000225. The number of thiocarbonyl (C=S) groups is 2. The van der Waals surface area contributed by atoms with Gasteiger partial charge in [-0.15, -0.1) is 0 Å². The van der Waals surface area contributed by atoms with Gasteiger partial charge in [0.2, 0.25) is 0 Å². The zero-order chi connectivity index (χ0) is 95.3. The van der Waals surface area contributed by atoms with E-state index < -0.39 is 38.9 Å². The van der Waals surface area contributed by atoms with Crippen LogP contribution in [0, 0.1) is 23.2 Å². The molecule has 0 saturated heterocycles. The summed E-state index contributed by atoms with van der Waals surface area (Å²) in [4.78, 5) is 12.8. The molecule has 2 amide bonds. The fourth-order valence-electron chi connectivity index (χ4n) is 15.9. The number of nitrogens with zero attached hydrogens (tertiary/aromatic N) is 3. The molecule has 5 atom stereocenters. The molecule has 24 heteroatoms. The highest BCUT2D eigenvalue weighted by Gasteiger charge is 2.36. The SMILES string of the molecule is CCCCP(CCCC)(CCCC)=NC[C@@H](NC(=O)Nc1cc(C)cc(C(F)(F)F)c1)C(C)(C)C.COc1ccc(P(=NC[C@@H](NC(=S)N[C@@H](C)c2cccc3ccccc23)C(C)(C)C)(c2ccc(OC)cc2)c2ccc(OC)cc2)cc1.COc1ccc(P(=NC[C@@H](NC(=S)N[C@H](C)c2cccc3ccccc23)C(C)(C)C)(c2ccc(OC)cc2)c2ccc(OC)cc2)cc1. The van der Waals surface area contributed by atoms with E-state index in [9.17, 15) is 18.0 Å². The van der Waals surface area contributed by atoms with Gasteiger partial charge in [-0.2, -0.15) is 13.2 Å². The van der Waals surface area contributed by atoms with Gasteiger partial charge in [0, 0.05) is 37.5 Å². The van der Waals surface area contributed by atoms with Crippen molar-refractivity contribution in [3.05, 3.63) is 271 Å².